The Hall–Kier alpha value is -0.870. The van der Waals surface area contributed by atoms with E-state index >= 15 is 0 Å². The molecule has 1 aliphatic rings. The van der Waals surface area contributed by atoms with Gasteiger partial charge in [-0.15, -0.1) is 11.3 Å². The maximum absolute atomic E-state index is 11.9. The fourth-order valence-corrected chi connectivity index (χ4v) is 3.54. The van der Waals surface area contributed by atoms with Crippen LogP contribution in [0, 0.1) is 5.92 Å². The lowest BCUT2D eigenvalue weighted by Gasteiger charge is -2.19. The van der Waals surface area contributed by atoms with Gasteiger partial charge in [-0.1, -0.05) is 13.3 Å². The second-order valence-corrected chi connectivity index (χ2v) is 5.96. The Kier molecular flexibility index (Phi) is 4.78. The van der Waals surface area contributed by atoms with E-state index < -0.39 is 0 Å². The fraction of sp³-hybridized carbons (Fsp3) is 0.643. The first kappa shape index (κ1) is 13.6. The number of hydrogen-bond donors (Lipinski definition) is 1. The molecule has 0 saturated heterocycles. The van der Waals surface area contributed by atoms with Crippen LogP contribution in [0.15, 0.2) is 6.07 Å². The van der Waals surface area contributed by atoms with Crippen molar-refractivity contribution in [3.05, 3.63) is 21.4 Å². The van der Waals surface area contributed by atoms with Crippen molar-refractivity contribution in [1.82, 2.24) is 5.32 Å². The highest BCUT2D eigenvalue weighted by molar-refractivity contribution is 7.14. The predicted octanol–water partition coefficient (Wildman–Crippen LogP) is 2.64. The molecule has 1 amide bonds. The van der Waals surface area contributed by atoms with Gasteiger partial charge in [-0.25, -0.2) is 0 Å². The quantitative estimate of drug-likeness (QED) is 0.833. The highest BCUT2D eigenvalue weighted by Crippen LogP contribution is 2.33. The zero-order valence-corrected chi connectivity index (χ0v) is 11.9. The number of thiophene rings is 1. The lowest BCUT2D eigenvalue weighted by Crippen LogP contribution is -2.26. The van der Waals surface area contributed by atoms with E-state index in [0.717, 1.165) is 23.6 Å². The van der Waals surface area contributed by atoms with Crippen molar-refractivity contribution >= 4 is 17.2 Å². The highest BCUT2D eigenvalue weighted by atomic mass is 32.1. The number of carbonyl (C=O) groups excluding carboxylic acids is 1. The second kappa shape index (κ2) is 6.34. The van der Waals surface area contributed by atoms with Crippen LogP contribution in [0.1, 0.15) is 39.9 Å². The Balaban J connectivity index is 1.99. The molecule has 0 spiro atoms. The van der Waals surface area contributed by atoms with Gasteiger partial charge in [0.1, 0.15) is 0 Å². The Bertz CT molecular complexity index is 414. The van der Waals surface area contributed by atoms with E-state index in [0.29, 0.717) is 13.2 Å². The van der Waals surface area contributed by atoms with Gasteiger partial charge in [0.2, 0.25) is 0 Å². The summed E-state index contributed by atoms with van der Waals surface area (Å²) in [5.41, 5.74) is 1.40. The summed E-state index contributed by atoms with van der Waals surface area (Å²) >= 11 is 1.66. The number of rotatable bonds is 5. The minimum Gasteiger partial charge on any atom is -0.383 e. The molecule has 0 radical (unpaired) electrons. The van der Waals surface area contributed by atoms with Crippen LogP contribution < -0.4 is 5.32 Å². The highest BCUT2D eigenvalue weighted by Gasteiger charge is 2.21. The first-order valence-corrected chi connectivity index (χ1v) is 7.45. The monoisotopic (exact) mass is 267 g/mol. The third-order valence-corrected chi connectivity index (χ3v) is 4.81. The van der Waals surface area contributed by atoms with Crippen molar-refractivity contribution in [2.24, 2.45) is 5.92 Å². The van der Waals surface area contributed by atoms with Gasteiger partial charge in [-0.05, 0) is 36.8 Å². The van der Waals surface area contributed by atoms with E-state index in [1.807, 2.05) is 0 Å². The van der Waals surface area contributed by atoms with Crippen molar-refractivity contribution in [3.63, 3.8) is 0 Å². The van der Waals surface area contributed by atoms with Gasteiger partial charge in [-0.3, -0.25) is 4.79 Å². The van der Waals surface area contributed by atoms with E-state index in [-0.39, 0.29) is 5.91 Å². The smallest absolute Gasteiger partial charge is 0.261 e. The third-order valence-electron chi connectivity index (χ3n) is 3.58. The third kappa shape index (κ3) is 3.12. The number of ether oxygens (including phenoxy) is 1. The van der Waals surface area contributed by atoms with Crippen LogP contribution in [0.5, 0.6) is 0 Å². The zero-order chi connectivity index (χ0) is 13.0. The van der Waals surface area contributed by atoms with Crippen LogP contribution in [-0.4, -0.2) is 26.2 Å². The second-order valence-electron chi connectivity index (χ2n) is 4.82. The van der Waals surface area contributed by atoms with Crippen LogP contribution in [-0.2, 0) is 17.6 Å². The van der Waals surface area contributed by atoms with Gasteiger partial charge < -0.3 is 10.1 Å². The van der Waals surface area contributed by atoms with Crippen molar-refractivity contribution < 1.29 is 9.53 Å². The number of amides is 1. The fourth-order valence-electron chi connectivity index (χ4n) is 2.41. The molecule has 0 unspecified atom stereocenters. The molecule has 18 heavy (non-hydrogen) atoms. The number of nitrogens with one attached hydrogen (secondary N) is 1. The Morgan fingerprint density at radius 1 is 1.61 bits per heavy atom. The number of methoxy groups -OCH3 is 1. The van der Waals surface area contributed by atoms with Gasteiger partial charge in [0, 0.05) is 18.5 Å². The number of hydrogen-bond acceptors (Lipinski definition) is 3. The Labute approximate surface area is 113 Å². The van der Waals surface area contributed by atoms with Crippen LogP contribution in [0.2, 0.25) is 0 Å². The van der Waals surface area contributed by atoms with Crippen molar-refractivity contribution in [3.8, 4) is 0 Å². The maximum atomic E-state index is 11.9. The summed E-state index contributed by atoms with van der Waals surface area (Å²) in [7, 11) is 1.64. The molecule has 0 fully saturated rings. The van der Waals surface area contributed by atoms with E-state index in [2.05, 4.69) is 18.3 Å². The number of fused-ring (bicyclic) bond motifs is 1. The zero-order valence-electron chi connectivity index (χ0n) is 11.1. The number of carbonyl (C=O) groups is 1. The molecule has 1 aromatic rings. The summed E-state index contributed by atoms with van der Waals surface area (Å²) in [6, 6.07) is 2.09. The van der Waals surface area contributed by atoms with Crippen molar-refractivity contribution in [1.29, 1.82) is 0 Å². The average Bonchev–Trinajstić information content (AvgIpc) is 2.81. The van der Waals surface area contributed by atoms with Crippen LogP contribution >= 0.6 is 11.3 Å². The molecule has 1 atom stereocenters. The van der Waals surface area contributed by atoms with E-state index in [1.54, 1.807) is 18.4 Å². The first-order valence-electron chi connectivity index (χ1n) is 6.63. The average molecular weight is 267 g/mol. The molecule has 1 heterocycles. The molecule has 0 saturated carbocycles. The molecule has 0 bridgehead atoms. The summed E-state index contributed by atoms with van der Waals surface area (Å²) in [6.45, 7) is 3.39. The van der Waals surface area contributed by atoms with Crippen LogP contribution in [0.3, 0.4) is 0 Å². The summed E-state index contributed by atoms with van der Waals surface area (Å²) in [6.07, 6.45) is 4.80. The summed E-state index contributed by atoms with van der Waals surface area (Å²) < 4.78 is 4.93. The van der Waals surface area contributed by atoms with Gasteiger partial charge in [-0.2, -0.15) is 0 Å². The first-order chi connectivity index (χ1) is 8.74. The van der Waals surface area contributed by atoms with Gasteiger partial charge in [0.25, 0.3) is 5.91 Å². The largest absolute Gasteiger partial charge is 0.383 e. The summed E-state index contributed by atoms with van der Waals surface area (Å²) in [5, 5.41) is 2.88. The molecular formula is C14H21NO2S. The SMILES string of the molecule is CC[C@@H]1CCc2sc(C(=O)NCCOC)cc2C1. The molecule has 1 aromatic heterocycles. The minimum atomic E-state index is 0.0412. The maximum Gasteiger partial charge on any atom is 0.261 e. The molecule has 2 rings (SSSR count). The molecular weight excluding hydrogens is 246 g/mol. The topological polar surface area (TPSA) is 38.3 Å². The minimum absolute atomic E-state index is 0.0412. The summed E-state index contributed by atoms with van der Waals surface area (Å²) in [4.78, 5) is 14.2. The van der Waals surface area contributed by atoms with Crippen LogP contribution in [0.4, 0.5) is 0 Å². The van der Waals surface area contributed by atoms with E-state index in [9.17, 15) is 4.79 Å². The predicted molar refractivity (Wildman–Crippen MR) is 74.3 cm³/mol. The standard InChI is InChI=1S/C14H21NO2S/c1-3-10-4-5-12-11(8-10)9-13(18-12)14(16)15-6-7-17-2/h9-10H,3-8H2,1-2H3,(H,15,16)/t10-/m1/s1. The summed E-state index contributed by atoms with van der Waals surface area (Å²) in [5.74, 6) is 0.844. The van der Waals surface area contributed by atoms with Crippen LogP contribution in [0.25, 0.3) is 0 Å². The van der Waals surface area contributed by atoms with E-state index in [4.69, 9.17) is 4.74 Å². The van der Waals surface area contributed by atoms with Gasteiger partial charge in [0.15, 0.2) is 0 Å². The van der Waals surface area contributed by atoms with Crippen molar-refractivity contribution in [2.75, 3.05) is 20.3 Å². The Morgan fingerprint density at radius 3 is 3.17 bits per heavy atom. The molecule has 1 aliphatic carbocycles. The van der Waals surface area contributed by atoms with Crippen molar-refractivity contribution in [2.45, 2.75) is 32.6 Å². The van der Waals surface area contributed by atoms with E-state index in [1.165, 1.54) is 23.3 Å². The molecule has 0 aliphatic heterocycles. The lowest BCUT2D eigenvalue weighted by molar-refractivity contribution is 0.0941. The van der Waals surface area contributed by atoms with Gasteiger partial charge >= 0.3 is 0 Å². The number of aryl methyl sites for hydroxylation is 1. The normalized spacial score (nSPS) is 18.4. The van der Waals surface area contributed by atoms with Gasteiger partial charge in [0.05, 0.1) is 11.5 Å². The molecule has 4 heteroatoms. The molecule has 100 valence electrons. The molecule has 0 aromatic carbocycles. The lowest BCUT2D eigenvalue weighted by atomic mass is 9.87. The molecule has 1 N–H and O–H groups in total. The Morgan fingerprint density at radius 2 is 2.44 bits per heavy atom. The molecule has 3 nitrogen and oxygen atoms in total.